The molecule has 2 nitrogen and oxygen atoms in total. The van der Waals surface area contributed by atoms with Gasteiger partial charge in [0.05, 0.1) is 0 Å². The van der Waals surface area contributed by atoms with Gasteiger partial charge in [-0.2, -0.15) is 0 Å². The van der Waals surface area contributed by atoms with Gasteiger partial charge in [0.25, 0.3) is 0 Å². The highest BCUT2D eigenvalue weighted by Gasteiger charge is 2.18. The highest BCUT2D eigenvalue weighted by molar-refractivity contribution is 5.98. The minimum Gasteiger partial charge on any atom is -0.504 e. The van der Waals surface area contributed by atoms with Crippen molar-refractivity contribution in [1.82, 2.24) is 0 Å². The maximum Gasteiger partial charge on any atom is 0.161 e. The summed E-state index contributed by atoms with van der Waals surface area (Å²) in [5.41, 5.74) is 1.45. The van der Waals surface area contributed by atoms with Crippen LogP contribution in [0.5, 0.6) is 11.5 Å². The Morgan fingerprint density at radius 3 is 2.50 bits per heavy atom. The molecule has 0 bridgehead atoms. The number of fused-ring (bicyclic) bond motifs is 1. The molecule has 0 aliphatic carbocycles. The first-order valence-corrected chi connectivity index (χ1v) is 5.80. The van der Waals surface area contributed by atoms with E-state index in [4.69, 9.17) is 0 Å². The van der Waals surface area contributed by atoms with E-state index in [1.54, 1.807) is 13.0 Å². The summed E-state index contributed by atoms with van der Waals surface area (Å²) in [5, 5.41) is 21.2. The van der Waals surface area contributed by atoms with Crippen LogP contribution in [-0.2, 0) is 6.42 Å². The average Bonchev–Trinajstić information content (AvgIpc) is 2.37. The van der Waals surface area contributed by atoms with Gasteiger partial charge < -0.3 is 10.2 Å². The second-order valence-corrected chi connectivity index (χ2v) is 4.24. The Balaban J connectivity index is 3.11. The predicted octanol–water partition coefficient (Wildman–Crippen LogP) is 3.90. The van der Waals surface area contributed by atoms with Crippen molar-refractivity contribution in [3.05, 3.63) is 41.2 Å². The second-order valence-electron chi connectivity index (χ2n) is 4.24. The quantitative estimate of drug-likeness (QED) is 0.789. The molecule has 2 aromatic carbocycles. The summed E-state index contributed by atoms with van der Waals surface area (Å²) in [6.07, 6.45) is 1.94. The van der Waals surface area contributed by atoms with E-state index in [0.29, 0.717) is 28.5 Å². The summed E-state index contributed by atoms with van der Waals surface area (Å²) in [4.78, 5) is 0. The number of hydrogen-bond acceptors (Lipinski definition) is 2. The number of rotatable bonds is 2. The van der Waals surface area contributed by atoms with Gasteiger partial charge in [-0.1, -0.05) is 25.6 Å². The number of benzene rings is 2. The summed E-state index contributed by atoms with van der Waals surface area (Å²) < 4.78 is 13.8. The lowest BCUT2D eigenvalue weighted by Crippen LogP contribution is -1.94. The van der Waals surface area contributed by atoms with Crippen molar-refractivity contribution in [3.63, 3.8) is 0 Å². The van der Waals surface area contributed by atoms with Crippen LogP contribution in [0.3, 0.4) is 0 Å². The number of halogens is 1. The minimum atomic E-state index is -0.378. The van der Waals surface area contributed by atoms with Crippen LogP contribution in [0.15, 0.2) is 18.7 Å². The maximum absolute atomic E-state index is 13.8. The molecule has 0 saturated carbocycles. The van der Waals surface area contributed by atoms with Crippen LogP contribution in [0, 0.1) is 12.7 Å². The van der Waals surface area contributed by atoms with Crippen LogP contribution >= 0.6 is 0 Å². The van der Waals surface area contributed by atoms with E-state index in [1.807, 2.05) is 6.92 Å². The van der Waals surface area contributed by atoms with E-state index in [9.17, 15) is 14.6 Å². The monoisotopic (exact) mass is 246 g/mol. The van der Waals surface area contributed by atoms with E-state index in [0.717, 1.165) is 5.39 Å². The molecular formula is C15H15FO2. The summed E-state index contributed by atoms with van der Waals surface area (Å²) >= 11 is 0. The normalized spacial score (nSPS) is 10.8. The minimum absolute atomic E-state index is 0.138. The molecule has 0 heterocycles. The van der Waals surface area contributed by atoms with Gasteiger partial charge >= 0.3 is 0 Å². The van der Waals surface area contributed by atoms with Gasteiger partial charge in [0, 0.05) is 16.7 Å². The Morgan fingerprint density at radius 1 is 1.28 bits per heavy atom. The van der Waals surface area contributed by atoms with Crippen LogP contribution < -0.4 is 0 Å². The Bertz CT molecular complexity index is 645. The molecule has 94 valence electrons. The van der Waals surface area contributed by atoms with Gasteiger partial charge in [-0.3, -0.25) is 0 Å². The van der Waals surface area contributed by atoms with Gasteiger partial charge in [0.1, 0.15) is 5.82 Å². The van der Waals surface area contributed by atoms with Gasteiger partial charge in [0.15, 0.2) is 11.5 Å². The standard InChI is InChI=1S/C15H15FO2/c1-4-9-12(16)7-6-11-8(3)14(17)15(18)10(5-2)13(9)11/h4,6-7,17-18H,1,5H2,2-3H3. The summed E-state index contributed by atoms with van der Waals surface area (Å²) in [6.45, 7) is 7.16. The molecule has 0 aromatic heterocycles. The molecule has 0 radical (unpaired) electrons. The molecule has 2 aromatic rings. The molecule has 0 aliphatic rings. The molecule has 0 saturated heterocycles. The highest BCUT2D eigenvalue weighted by Crippen LogP contribution is 2.42. The van der Waals surface area contributed by atoms with E-state index in [1.165, 1.54) is 12.1 Å². The number of hydrogen-bond donors (Lipinski definition) is 2. The second kappa shape index (κ2) is 4.33. The summed E-state index contributed by atoms with van der Waals surface area (Å²) in [6, 6.07) is 2.97. The fraction of sp³-hybridized carbons (Fsp3) is 0.200. The molecule has 3 heteroatoms. The van der Waals surface area contributed by atoms with Crippen LogP contribution in [0.25, 0.3) is 16.8 Å². The largest absolute Gasteiger partial charge is 0.504 e. The molecule has 2 rings (SSSR count). The lowest BCUT2D eigenvalue weighted by Gasteiger charge is -2.15. The molecule has 2 N–H and O–H groups in total. The zero-order valence-electron chi connectivity index (χ0n) is 10.4. The molecule has 18 heavy (non-hydrogen) atoms. The lowest BCUT2D eigenvalue weighted by molar-refractivity contribution is 0.398. The summed E-state index contributed by atoms with van der Waals surface area (Å²) in [7, 11) is 0. The number of aryl methyl sites for hydroxylation is 2. The van der Waals surface area contributed by atoms with Crippen LogP contribution in [0.1, 0.15) is 23.6 Å². The first kappa shape index (κ1) is 12.4. The SMILES string of the molecule is C=Cc1c(F)ccc2c(C)c(O)c(O)c(CC)c12. The van der Waals surface area contributed by atoms with Crippen molar-refractivity contribution in [2.45, 2.75) is 20.3 Å². The van der Waals surface area contributed by atoms with Crippen LogP contribution in [-0.4, -0.2) is 10.2 Å². The Kier molecular flexibility index (Phi) is 2.99. The average molecular weight is 246 g/mol. The first-order valence-electron chi connectivity index (χ1n) is 5.80. The van der Waals surface area contributed by atoms with Gasteiger partial charge in [0.2, 0.25) is 0 Å². The number of phenolic OH excluding ortho intramolecular Hbond substituents is 2. The third kappa shape index (κ3) is 1.55. The Morgan fingerprint density at radius 2 is 1.94 bits per heavy atom. The third-order valence-electron chi connectivity index (χ3n) is 3.32. The predicted molar refractivity (Wildman–Crippen MR) is 71.4 cm³/mol. The number of phenols is 2. The molecule has 0 unspecified atom stereocenters. The first-order chi connectivity index (χ1) is 8.52. The molecule has 0 fully saturated rings. The zero-order valence-corrected chi connectivity index (χ0v) is 10.4. The van der Waals surface area contributed by atoms with Crippen molar-refractivity contribution in [2.24, 2.45) is 0 Å². The van der Waals surface area contributed by atoms with Crippen molar-refractivity contribution in [1.29, 1.82) is 0 Å². The van der Waals surface area contributed by atoms with E-state index < -0.39 is 0 Å². The summed E-state index contributed by atoms with van der Waals surface area (Å²) in [5.74, 6) is -0.686. The zero-order chi connectivity index (χ0) is 13.4. The Hall–Kier alpha value is -2.03. The molecule has 0 amide bonds. The van der Waals surface area contributed by atoms with Crippen molar-refractivity contribution >= 4 is 16.8 Å². The lowest BCUT2D eigenvalue weighted by atomic mass is 9.92. The van der Waals surface area contributed by atoms with Gasteiger partial charge in [-0.05, 0) is 30.2 Å². The molecule has 0 atom stereocenters. The topological polar surface area (TPSA) is 40.5 Å². The van der Waals surface area contributed by atoms with Crippen LogP contribution in [0.4, 0.5) is 4.39 Å². The molecule has 0 aliphatic heterocycles. The van der Waals surface area contributed by atoms with Gasteiger partial charge in [-0.25, -0.2) is 4.39 Å². The van der Waals surface area contributed by atoms with Crippen molar-refractivity contribution < 1.29 is 14.6 Å². The smallest absolute Gasteiger partial charge is 0.161 e. The molecular weight excluding hydrogens is 231 g/mol. The highest BCUT2D eigenvalue weighted by atomic mass is 19.1. The number of aromatic hydroxyl groups is 2. The Labute approximate surface area is 105 Å². The van der Waals surface area contributed by atoms with Gasteiger partial charge in [-0.15, -0.1) is 0 Å². The van der Waals surface area contributed by atoms with E-state index in [-0.39, 0.29) is 17.3 Å². The molecule has 0 spiro atoms. The third-order valence-corrected chi connectivity index (χ3v) is 3.32. The van der Waals surface area contributed by atoms with Crippen LogP contribution in [0.2, 0.25) is 0 Å². The fourth-order valence-corrected chi connectivity index (χ4v) is 2.34. The maximum atomic E-state index is 13.8. The van der Waals surface area contributed by atoms with E-state index >= 15 is 0 Å². The van der Waals surface area contributed by atoms with E-state index in [2.05, 4.69) is 6.58 Å². The van der Waals surface area contributed by atoms with Crippen molar-refractivity contribution in [2.75, 3.05) is 0 Å². The fourth-order valence-electron chi connectivity index (χ4n) is 2.34. The van der Waals surface area contributed by atoms with Crippen molar-refractivity contribution in [3.8, 4) is 11.5 Å².